The van der Waals surface area contributed by atoms with Gasteiger partial charge in [0.1, 0.15) is 0 Å². The number of anilines is 1. The van der Waals surface area contributed by atoms with E-state index >= 15 is 0 Å². The third-order valence-corrected chi connectivity index (χ3v) is 5.42. The van der Waals surface area contributed by atoms with Crippen LogP contribution < -0.4 is 16.4 Å². The summed E-state index contributed by atoms with van der Waals surface area (Å²) in [6, 6.07) is 13.9. The highest BCUT2D eigenvalue weighted by atomic mass is 32.2. The number of carbonyl (C=O) groups excluding carboxylic acids is 2. The Morgan fingerprint density at radius 2 is 1.73 bits per heavy atom. The van der Waals surface area contributed by atoms with Crippen LogP contribution >= 0.6 is 11.8 Å². The molecule has 0 atom stereocenters. The molecule has 0 radical (unpaired) electrons. The summed E-state index contributed by atoms with van der Waals surface area (Å²) < 4.78 is 1.13. The molecule has 0 aliphatic heterocycles. The Kier molecular flexibility index (Phi) is 6.73. The second kappa shape index (κ2) is 9.45. The number of aryl methyl sites for hydroxylation is 1. The molecule has 3 rings (SSSR count). The molecule has 0 saturated heterocycles. The lowest BCUT2D eigenvalue weighted by Gasteiger charge is -2.18. The van der Waals surface area contributed by atoms with Crippen LogP contribution in [0.25, 0.3) is 10.8 Å². The molecule has 0 aliphatic rings. The highest BCUT2D eigenvalue weighted by Crippen LogP contribution is 2.24. The van der Waals surface area contributed by atoms with Gasteiger partial charge >= 0.3 is 0 Å². The predicted octanol–water partition coefficient (Wildman–Crippen LogP) is 1.90. The summed E-state index contributed by atoms with van der Waals surface area (Å²) in [4.78, 5) is 51.6. The Morgan fingerprint density at radius 3 is 2.47 bits per heavy atom. The fourth-order valence-corrected chi connectivity index (χ4v) is 3.60. The maximum Gasteiger partial charge on any atom is 0.273 e. The Morgan fingerprint density at radius 1 is 1.07 bits per heavy atom. The number of fused-ring (bicyclic) bond motifs is 1. The second-order valence-electron chi connectivity index (χ2n) is 6.69. The van der Waals surface area contributed by atoms with Gasteiger partial charge in [-0.2, -0.15) is 0 Å². The smallest absolute Gasteiger partial charge is 0.273 e. The van der Waals surface area contributed by atoms with Crippen LogP contribution in [-0.4, -0.2) is 46.3 Å². The summed E-state index contributed by atoms with van der Waals surface area (Å²) in [5.74, 6) is -0.632. The highest BCUT2D eigenvalue weighted by Gasteiger charge is 2.15. The average molecular weight is 426 g/mol. The van der Waals surface area contributed by atoms with Crippen LogP contribution in [0.5, 0.6) is 0 Å². The summed E-state index contributed by atoms with van der Waals surface area (Å²) in [5, 5.41) is 5.91. The molecule has 2 N–H and O–H groups in total. The van der Waals surface area contributed by atoms with Gasteiger partial charge in [-0.15, -0.1) is 11.8 Å². The van der Waals surface area contributed by atoms with Crippen LogP contribution in [0.15, 0.2) is 63.0 Å². The topological polar surface area (TPSA) is 104 Å². The maximum absolute atomic E-state index is 12.5. The zero-order valence-electron chi connectivity index (χ0n) is 16.7. The van der Waals surface area contributed by atoms with Crippen molar-refractivity contribution in [2.45, 2.75) is 17.9 Å². The highest BCUT2D eigenvalue weighted by molar-refractivity contribution is 7.98. The van der Waals surface area contributed by atoms with Crippen molar-refractivity contribution in [1.29, 1.82) is 0 Å². The van der Waals surface area contributed by atoms with Gasteiger partial charge in [-0.3, -0.25) is 24.3 Å². The molecule has 9 heteroatoms. The average Bonchev–Trinajstić information content (AvgIpc) is 2.75. The van der Waals surface area contributed by atoms with Gasteiger partial charge in [0.05, 0.1) is 29.5 Å². The standard InChI is InChI=1S/C21H22N4O4S/c1-24(13-18(26)22-16-9-5-6-10-17(16)30-2)19(27)11-12-25-21(29)15-8-4-3-7-14(15)20(28)23-25/h3-10H,11-13H2,1-2H3,(H,22,26)(H,23,28). The van der Waals surface area contributed by atoms with Gasteiger partial charge in [-0.25, -0.2) is 4.68 Å². The lowest BCUT2D eigenvalue weighted by atomic mass is 10.2. The van der Waals surface area contributed by atoms with E-state index in [1.54, 1.807) is 30.3 Å². The Labute approximate surface area is 176 Å². The molecule has 8 nitrogen and oxygen atoms in total. The zero-order chi connectivity index (χ0) is 21.7. The summed E-state index contributed by atoms with van der Waals surface area (Å²) in [6.07, 6.45) is 1.89. The molecule has 0 aliphatic carbocycles. The second-order valence-corrected chi connectivity index (χ2v) is 7.54. The molecular weight excluding hydrogens is 404 g/mol. The van der Waals surface area contributed by atoms with Gasteiger partial charge in [-0.1, -0.05) is 24.3 Å². The van der Waals surface area contributed by atoms with E-state index in [4.69, 9.17) is 0 Å². The van der Waals surface area contributed by atoms with Crippen molar-refractivity contribution >= 4 is 40.0 Å². The van der Waals surface area contributed by atoms with E-state index in [1.165, 1.54) is 23.7 Å². The number of H-pyrrole nitrogens is 1. The predicted molar refractivity (Wildman–Crippen MR) is 118 cm³/mol. The van der Waals surface area contributed by atoms with Gasteiger partial charge in [0.15, 0.2) is 0 Å². The number of para-hydroxylation sites is 1. The van der Waals surface area contributed by atoms with Crippen molar-refractivity contribution in [3.05, 3.63) is 69.2 Å². The molecule has 2 amide bonds. The van der Waals surface area contributed by atoms with Crippen LogP contribution in [0, 0.1) is 0 Å². The number of nitrogens with zero attached hydrogens (tertiary/aromatic N) is 2. The van der Waals surface area contributed by atoms with Gasteiger partial charge < -0.3 is 10.2 Å². The number of nitrogens with one attached hydrogen (secondary N) is 2. The van der Waals surface area contributed by atoms with Gasteiger partial charge in [0.25, 0.3) is 11.1 Å². The van der Waals surface area contributed by atoms with Crippen molar-refractivity contribution in [3.63, 3.8) is 0 Å². The number of thioether (sulfide) groups is 1. The SMILES string of the molecule is CSc1ccccc1NC(=O)CN(C)C(=O)CCn1[nH]c(=O)c2ccccc2c1=O. The monoisotopic (exact) mass is 426 g/mol. The Hall–Kier alpha value is -3.33. The molecule has 0 unspecified atom stereocenters. The number of aromatic amines is 1. The minimum atomic E-state index is -0.391. The summed E-state index contributed by atoms with van der Waals surface area (Å²) in [5.41, 5.74) is -0.0685. The van der Waals surface area contributed by atoms with Crippen LogP contribution in [0.1, 0.15) is 6.42 Å². The largest absolute Gasteiger partial charge is 0.336 e. The molecule has 2 aromatic carbocycles. The van der Waals surface area contributed by atoms with Gasteiger partial charge in [0.2, 0.25) is 11.8 Å². The first-order chi connectivity index (χ1) is 14.4. The summed E-state index contributed by atoms with van der Waals surface area (Å²) >= 11 is 1.51. The molecule has 0 fully saturated rings. The third-order valence-electron chi connectivity index (χ3n) is 4.62. The fraction of sp³-hybridized carbons (Fsp3) is 0.238. The number of aromatic nitrogens is 2. The number of hydrogen-bond donors (Lipinski definition) is 2. The number of hydrogen-bond acceptors (Lipinski definition) is 5. The zero-order valence-corrected chi connectivity index (χ0v) is 17.5. The van der Waals surface area contributed by atoms with Crippen molar-refractivity contribution in [2.75, 3.05) is 25.2 Å². The summed E-state index contributed by atoms with van der Waals surface area (Å²) in [7, 11) is 1.52. The quantitative estimate of drug-likeness (QED) is 0.562. The number of carbonyl (C=O) groups is 2. The van der Waals surface area contributed by atoms with Crippen LogP contribution in [-0.2, 0) is 16.1 Å². The van der Waals surface area contributed by atoms with Crippen molar-refractivity contribution in [1.82, 2.24) is 14.7 Å². The Balaban J connectivity index is 1.62. The van der Waals surface area contributed by atoms with E-state index in [-0.39, 0.29) is 36.9 Å². The van der Waals surface area contributed by atoms with Crippen LogP contribution in [0.2, 0.25) is 0 Å². The lowest BCUT2D eigenvalue weighted by Crippen LogP contribution is -2.37. The van der Waals surface area contributed by atoms with Crippen LogP contribution in [0.4, 0.5) is 5.69 Å². The van der Waals surface area contributed by atoms with E-state index in [0.29, 0.717) is 16.5 Å². The van der Waals surface area contributed by atoms with Gasteiger partial charge in [-0.05, 0) is 30.5 Å². The molecule has 1 aromatic heterocycles. The normalized spacial score (nSPS) is 10.7. The molecule has 30 heavy (non-hydrogen) atoms. The first-order valence-corrected chi connectivity index (χ1v) is 10.5. The van der Waals surface area contributed by atoms with E-state index in [2.05, 4.69) is 10.4 Å². The van der Waals surface area contributed by atoms with Crippen molar-refractivity contribution < 1.29 is 9.59 Å². The molecule has 156 valence electrons. The number of likely N-dealkylation sites (N-methyl/N-ethyl adjacent to an activating group) is 1. The first-order valence-electron chi connectivity index (χ1n) is 9.29. The molecule has 0 saturated carbocycles. The molecule has 3 aromatic rings. The third kappa shape index (κ3) is 4.80. The number of rotatable bonds is 7. The lowest BCUT2D eigenvalue weighted by molar-refractivity contribution is -0.133. The van der Waals surface area contributed by atoms with E-state index in [1.807, 2.05) is 24.5 Å². The van der Waals surface area contributed by atoms with Crippen molar-refractivity contribution in [3.8, 4) is 0 Å². The minimum Gasteiger partial charge on any atom is -0.336 e. The Bertz CT molecular complexity index is 1200. The van der Waals surface area contributed by atoms with Gasteiger partial charge in [0, 0.05) is 18.4 Å². The van der Waals surface area contributed by atoms with Crippen molar-refractivity contribution in [2.24, 2.45) is 0 Å². The number of benzene rings is 2. The first kappa shape index (κ1) is 21.4. The molecule has 0 spiro atoms. The summed E-state index contributed by atoms with van der Waals surface area (Å²) in [6.45, 7) is -0.107. The maximum atomic E-state index is 12.5. The van der Waals surface area contributed by atoms with E-state index in [0.717, 1.165) is 9.58 Å². The number of amides is 2. The molecular formula is C21H22N4O4S. The van der Waals surface area contributed by atoms with E-state index in [9.17, 15) is 19.2 Å². The van der Waals surface area contributed by atoms with Crippen LogP contribution in [0.3, 0.4) is 0 Å². The van der Waals surface area contributed by atoms with E-state index < -0.39 is 5.56 Å². The minimum absolute atomic E-state index is 0.0129. The fourth-order valence-electron chi connectivity index (χ4n) is 3.04. The molecule has 0 bridgehead atoms. The molecule has 1 heterocycles.